The molecule has 1 fully saturated rings. The van der Waals surface area contributed by atoms with Gasteiger partial charge >= 0.3 is 0 Å². The normalized spacial score (nSPS) is 14.8. The molecule has 4 rings (SSSR count). The van der Waals surface area contributed by atoms with Crippen LogP contribution >= 0.6 is 51.5 Å². The highest BCUT2D eigenvalue weighted by atomic mass is 79.9. The van der Waals surface area contributed by atoms with Crippen molar-refractivity contribution in [3.63, 3.8) is 0 Å². The third kappa shape index (κ3) is 5.18. The number of carbonyl (C=O) groups excluding carboxylic acids is 1. The summed E-state index contributed by atoms with van der Waals surface area (Å²) >= 11 is 16.1. The first kappa shape index (κ1) is 22.9. The Labute approximate surface area is 209 Å². The van der Waals surface area contributed by atoms with Crippen LogP contribution in [0.5, 0.6) is 11.5 Å². The third-order valence-corrected chi connectivity index (χ3v) is 6.70. The summed E-state index contributed by atoms with van der Waals surface area (Å²) in [5, 5.41) is 0.681. The molecule has 3 aromatic carbocycles. The lowest BCUT2D eigenvalue weighted by molar-refractivity contribution is -0.113. The fourth-order valence-electron chi connectivity index (χ4n) is 3.09. The van der Waals surface area contributed by atoms with Crippen molar-refractivity contribution < 1.29 is 14.3 Å². The van der Waals surface area contributed by atoms with Gasteiger partial charge in [0.2, 0.25) is 0 Å². The van der Waals surface area contributed by atoms with Gasteiger partial charge in [0.1, 0.15) is 6.61 Å². The van der Waals surface area contributed by atoms with Gasteiger partial charge in [0.05, 0.1) is 17.7 Å². The van der Waals surface area contributed by atoms with E-state index in [-0.39, 0.29) is 5.91 Å². The number of hydrogen-bond donors (Lipinski definition) is 0. The Bertz CT molecular complexity index is 1210. The quantitative estimate of drug-likeness (QED) is 0.244. The van der Waals surface area contributed by atoms with Crippen LogP contribution in [0.4, 0.5) is 5.69 Å². The Hall–Kier alpha value is -2.32. The van der Waals surface area contributed by atoms with E-state index in [1.165, 1.54) is 16.7 Å². The van der Waals surface area contributed by atoms with E-state index in [1.54, 1.807) is 7.11 Å². The maximum atomic E-state index is 13.0. The first-order valence-corrected chi connectivity index (χ1v) is 11.9. The van der Waals surface area contributed by atoms with Gasteiger partial charge in [-0.1, -0.05) is 75.8 Å². The van der Waals surface area contributed by atoms with Crippen molar-refractivity contribution in [1.82, 2.24) is 0 Å². The molecule has 4 nitrogen and oxygen atoms in total. The minimum Gasteiger partial charge on any atom is -0.493 e. The molecular weight excluding hydrogens is 530 g/mol. The van der Waals surface area contributed by atoms with Crippen molar-refractivity contribution in [3.8, 4) is 11.5 Å². The number of amides is 1. The molecule has 0 radical (unpaired) electrons. The Morgan fingerprint density at radius 1 is 1.09 bits per heavy atom. The number of hydrogen-bond acceptors (Lipinski definition) is 5. The van der Waals surface area contributed by atoms with Crippen LogP contribution in [-0.4, -0.2) is 17.3 Å². The van der Waals surface area contributed by atoms with Crippen molar-refractivity contribution in [2.45, 2.75) is 6.61 Å². The number of methoxy groups -OCH3 is 1. The van der Waals surface area contributed by atoms with Gasteiger partial charge in [-0.2, -0.15) is 0 Å². The number of ether oxygens (including phenoxy) is 2. The maximum absolute atomic E-state index is 13.0. The van der Waals surface area contributed by atoms with Crippen molar-refractivity contribution in [2.24, 2.45) is 0 Å². The molecule has 0 unspecified atom stereocenters. The molecule has 0 aromatic heterocycles. The van der Waals surface area contributed by atoms with Gasteiger partial charge in [0.15, 0.2) is 15.8 Å². The van der Waals surface area contributed by atoms with Gasteiger partial charge in [0, 0.05) is 9.50 Å². The first-order chi connectivity index (χ1) is 15.4. The van der Waals surface area contributed by atoms with Crippen LogP contribution in [0.3, 0.4) is 0 Å². The van der Waals surface area contributed by atoms with Gasteiger partial charge in [-0.15, -0.1) is 0 Å². The Kier molecular flexibility index (Phi) is 7.20. The van der Waals surface area contributed by atoms with Crippen LogP contribution in [0.15, 0.2) is 76.1 Å². The second-order valence-electron chi connectivity index (χ2n) is 6.82. The molecule has 8 heteroatoms. The molecule has 0 atom stereocenters. The second-order valence-corrected chi connectivity index (χ2v) is 9.85. The summed E-state index contributed by atoms with van der Waals surface area (Å²) in [6, 6.07) is 20.5. The highest BCUT2D eigenvalue weighted by Crippen LogP contribution is 2.38. The van der Waals surface area contributed by atoms with Crippen LogP contribution in [-0.2, 0) is 11.4 Å². The number of nitrogens with zero attached hydrogens (tertiary/aromatic N) is 1. The minimum atomic E-state index is -0.153. The Morgan fingerprint density at radius 2 is 1.88 bits per heavy atom. The van der Waals surface area contributed by atoms with Gasteiger partial charge in [0.25, 0.3) is 5.91 Å². The van der Waals surface area contributed by atoms with E-state index in [0.29, 0.717) is 32.4 Å². The molecule has 0 saturated carbocycles. The average molecular weight is 547 g/mol. The zero-order chi connectivity index (χ0) is 22.7. The largest absolute Gasteiger partial charge is 0.493 e. The van der Waals surface area contributed by atoms with E-state index in [1.807, 2.05) is 72.8 Å². The zero-order valence-corrected chi connectivity index (χ0v) is 20.9. The summed E-state index contributed by atoms with van der Waals surface area (Å²) in [6.07, 6.45) is 1.81. The Morgan fingerprint density at radius 3 is 2.59 bits per heavy atom. The second kappa shape index (κ2) is 10.1. The van der Waals surface area contributed by atoms with Crippen molar-refractivity contribution in [1.29, 1.82) is 0 Å². The zero-order valence-electron chi connectivity index (χ0n) is 16.9. The number of rotatable bonds is 6. The molecular formula is C24H17BrClNO3S2. The lowest BCUT2D eigenvalue weighted by Crippen LogP contribution is -2.27. The molecule has 0 bridgehead atoms. The SMILES string of the molecule is COc1cc(C=C2SC(=S)N(c3cccc(Br)c3)C2=O)ccc1OCc1ccc(Cl)cc1. The predicted molar refractivity (Wildman–Crippen MR) is 139 cm³/mol. The number of thiocarbonyl (C=S) groups is 1. The van der Waals surface area contributed by atoms with Gasteiger partial charge < -0.3 is 9.47 Å². The molecule has 32 heavy (non-hydrogen) atoms. The number of benzene rings is 3. The van der Waals surface area contributed by atoms with Gasteiger partial charge in [-0.25, -0.2) is 0 Å². The smallest absolute Gasteiger partial charge is 0.270 e. The molecule has 0 aliphatic carbocycles. The summed E-state index contributed by atoms with van der Waals surface area (Å²) in [5.74, 6) is 1.04. The van der Waals surface area contributed by atoms with Crippen LogP contribution in [0.2, 0.25) is 5.02 Å². The lowest BCUT2D eigenvalue weighted by atomic mass is 10.1. The number of halogens is 2. The van der Waals surface area contributed by atoms with E-state index in [0.717, 1.165) is 21.3 Å². The molecule has 1 amide bonds. The molecule has 0 spiro atoms. The molecule has 1 heterocycles. The molecule has 1 aliphatic rings. The fourth-order valence-corrected chi connectivity index (χ4v) is 4.90. The summed E-state index contributed by atoms with van der Waals surface area (Å²) < 4.78 is 12.8. The maximum Gasteiger partial charge on any atom is 0.270 e. The van der Waals surface area contributed by atoms with Gasteiger partial charge in [-0.05, 0) is 59.7 Å². The third-order valence-electron chi connectivity index (χ3n) is 4.65. The van der Waals surface area contributed by atoms with Crippen LogP contribution in [0.1, 0.15) is 11.1 Å². The van der Waals surface area contributed by atoms with Gasteiger partial charge in [-0.3, -0.25) is 9.69 Å². The molecule has 3 aromatic rings. The highest BCUT2D eigenvalue weighted by Gasteiger charge is 2.33. The summed E-state index contributed by atoms with van der Waals surface area (Å²) in [4.78, 5) is 15.1. The number of anilines is 1. The molecule has 1 saturated heterocycles. The van der Waals surface area contributed by atoms with E-state index >= 15 is 0 Å². The van der Waals surface area contributed by atoms with Crippen LogP contribution in [0, 0.1) is 0 Å². The topological polar surface area (TPSA) is 38.8 Å². The monoisotopic (exact) mass is 545 g/mol. The molecule has 162 valence electrons. The van der Waals surface area contributed by atoms with Crippen molar-refractivity contribution >= 4 is 73.5 Å². The molecule has 1 aliphatic heterocycles. The summed E-state index contributed by atoms with van der Waals surface area (Å²) in [7, 11) is 1.58. The van der Waals surface area contributed by atoms with E-state index in [4.69, 9.17) is 33.3 Å². The standard InChI is InChI=1S/C24H17BrClNO3S2/c1-29-21-11-16(7-10-20(21)30-14-15-5-8-18(26)9-6-15)12-22-23(28)27(24(31)32-22)19-4-2-3-17(25)13-19/h2-13H,14H2,1H3. The van der Waals surface area contributed by atoms with Crippen molar-refractivity contribution in [2.75, 3.05) is 12.0 Å². The predicted octanol–water partition coefficient (Wildman–Crippen LogP) is 7.10. The fraction of sp³-hybridized carbons (Fsp3) is 0.0833. The number of carbonyl (C=O) groups is 1. The Balaban J connectivity index is 1.53. The van der Waals surface area contributed by atoms with Crippen LogP contribution in [0.25, 0.3) is 6.08 Å². The average Bonchev–Trinajstić information content (AvgIpc) is 3.06. The van der Waals surface area contributed by atoms with Crippen LogP contribution < -0.4 is 14.4 Å². The van der Waals surface area contributed by atoms with E-state index in [9.17, 15) is 4.79 Å². The number of thioether (sulfide) groups is 1. The van der Waals surface area contributed by atoms with E-state index in [2.05, 4.69) is 15.9 Å². The van der Waals surface area contributed by atoms with E-state index < -0.39 is 0 Å². The summed E-state index contributed by atoms with van der Waals surface area (Å²) in [6.45, 7) is 0.387. The van der Waals surface area contributed by atoms with Crippen molar-refractivity contribution in [3.05, 3.63) is 92.3 Å². The minimum absolute atomic E-state index is 0.153. The highest BCUT2D eigenvalue weighted by molar-refractivity contribution is 9.10. The first-order valence-electron chi connectivity index (χ1n) is 9.53. The molecule has 0 N–H and O–H groups in total. The lowest BCUT2D eigenvalue weighted by Gasteiger charge is -2.14. The summed E-state index contributed by atoms with van der Waals surface area (Å²) in [5.41, 5.74) is 2.54.